The Kier molecular flexibility index (Phi) is 6.11. The lowest BCUT2D eigenvalue weighted by atomic mass is 9.99. The fraction of sp³-hybridized carbons (Fsp3) is 0.647. The lowest BCUT2D eigenvalue weighted by Gasteiger charge is -2.20. The zero-order valence-corrected chi connectivity index (χ0v) is 14.2. The van der Waals surface area contributed by atoms with Gasteiger partial charge in [0.05, 0.1) is 5.69 Å². The molecule has 0 radical (unpaired) electrons. The highest BCUT2D eigenvalue weighted by Gasteiger charge is 2.25. The van der Waals surface area contributed by atoms with Gasteiger partial charge in [0.15, 0.2) is 0 Å². The molecule has 0 bridgehead atoms. The maximum absolute atomic E-state index is 12.2. The second-order valence-corrected chi connectivity index (χ2v) is 6.44. The summed E-state index contributed by atoms with van der Waals surface area (Å²) in [6.07, 6.45) is 5.48. The summed E-state index contributed by atoms with van der Waals surface area (Å²) in [4.78, 5) is 35.6. The first kappa shape index (κ1) is 18.2. The highest BCUT2D eigenvalue weighted by atomic mass is 16.4. The first-order valence-electron chi connectivity index (χ1n) is 8.54. The lowest BCUT2D eigenvalue weighted by molar-refractivity contribution is -0.143. The Hall–Kier alpha value is -2.18. The van der Waals surface area contributed by atoms with E-state index in [0.29, 0.717) is 6.42 Å². The number of nitrogens with one attached hydrogen (secondary N) is 1. The number of hydrogen-bond donors (Lipinski definition) is 2. The Morgan fingerprint density at radius 2 is 2.04 bits per heavy atom. The molecule has 0 spiro atoms. The number of aliphatic carboxylic acids is 1. The van der Waals surface area contributed by atoms with Crippen LogP contribution >= 0.6 is 0 Å². The smallest absolute Gasteiger partial charge is 0.326 e. The highest BCUT2D eigenvalue weighted by molar-refractivity contribution is 5.83. The number of carbonyl (C=O) groups is 2. The second kappa shape index (κ2) is 8.08. The number of carbonyl (C=O) groups excluding carboxylic acids is 1. The minimum atomic E-state index is -1.07. The zero-order valence-electron chi connectivity index (χ0n) is 14.2. The SMILES string of the molecule is CCC(C)C(NC(=O)Cn1nc2c(cc1=O)CCCCC2)C(=O)O. The van der Waals surface area contributed by atoms with E-state index in [9.17, 15) is 19.5 Å². The average Bonchev–Trinajstić information content (AvgIpc) is 2.77. The van der Waals surface area contributed by atoms with Crippen LogP contribution in [0.2, 0.25) is 0 Å². The Morgan fingerprint density at radius 3 is 2.71 bits per heavy atom. The second-order valence-electron chi connectivity index (χ2n) is 6.44. The summed E-state index contributed by atoms with van der Waals surface area (Å²) in [5.74, 6) is -1.77. The summed E-state index contributed by atoms with van der Waals surface area (Å²) < 4.78 is 1.13. The molecule has 0 fully saturated rings. The van der Waals surface area contributed by atoms with Crippen molar-refractivity contribution in [1.29, 1.82) is 0 Å². The number of hydrogen-bond acceptors (Lipinski definition) is 4. The third kappa shape index (κ3) is 4.43. The van der Waals surface area contributed by atoms with Crippen LogP contribution in [-0.4, -0.2) is 32.8 Å². The monoisotopic (exact) mass is 335 g/mol. The predicted octanol–water partition coefficient (Wildman–Crippen LogP) is 1.13. The van der Waals surface area contributed by atoms with Gasteiger partial charge in [0.2, 0.25) is 5.91 Å². The maximum Gasteiger partial charge on any atom is 0.326 e. The van der Waals surface area contributed by atoms with Crippen molar-refractivity contribution in [3.63, 3.8) is 0 Å². The highest BCUT2D eigenvalue weighted by Crippen LogP contribution is 2.16. The van der Waals surface area contributed by atoms with Crippen molar-refractivity contribution in [2.75, 3.05) is 0 Å². The van der Waals surface area contributed by atoms with Gasteiger partial charge in [-0.2, -0.15) is 5.10 Å². The third-order valence-electron chi connectivity index (χ3n) is 4.61. The number of fused-ring (bicyclic) bond motifs is 1. The van der Waals surface area contributed by atoms with E-state index in [1.165, 1.54) is 0 Å². The Bertz CT molecular complexity index is 668. The number of aromatic nitrogens is 2. The van der Waals surface area contributed by atoms with E-state index in [1.807, 2.05) is 6.92 Å². The molecule has 2 rings (SSSR count). The Balaban J connectivity index is 2.12. The molecule has 1 amide bonds. The molecule has 1 aliphatic carbocycles. The van der Waals surface area contributed by atoms with Crippen molar-refractivity contribution < 1.29 is 14.7 Å². The van der Waals surface area contributed by atoms with Crippen LogP contribution in [0.4, 0.5) is 0 Å². The van der Waals surface area contributed by atoms with Crippen LogP contribution in [0.3, 0.4) is 0 Å². The number of carboxylic acids is 1. The number of amides is 1. The minimum Gasteiger partial charge on any atom is -0.480 e. The fourth-order valence-electron chi connectivity index (χ4n) is 2.93. The average molecular weight is 335 g/mol. The third-order valence-corrected chi connectivity index (χ3v) is 4.61. The molecular formula is C17H25N3O4. The summed E-state index contributed by atoms with van der Waals surface area (Å²) in [6, 6.07) is 0.601. The summed E-state index contributed by atoms with van der Waals surface area (Å²) in [6.45, 7) is 3.38. The predicted molar refractivity (Wildman–Crippen MR) is 88.8 cm³/mol. The molecular weight excluding hydrogens is 310 g/mol. The number of carboxylic acid groups (broad SMARTS) is 1. The molecule has 0 saturated carbocycles. The summed E-state index contributed by atoms with van der Waals surface area (Å²) >= 11 is 0. The van der Waals surface area contributed by atoms with Gasteiger partial charge in [-0.05, 0) is 37.2 Å². The Morgan fingerprint density at radius 1 is 1.33 bits per heavy atom. The van der Waals surface area contributed by atoms with Crippen molar-refractivity contribution in [2.45, 2.75) is 65.0 Å². The molecule has 132 valence electrons. The quantitative estimate of drug-likeness (QED) is 0.759. The molecule has 1 heterocycles. The van der Waals surface area contributed by atoms with Gasteiger partial charge in [-0.1, -0.05) is 26.7 Å². The Labute approximate surface area is 141 Å². The van der Waals surface area contributed by atoms with Gasteiger partial charge in [-0.25, -0.2) is 9.48 Å². The first-order valence-corrected chi connectivity index (χ1v) is 8.54. The van der Waals surface area contributed by atoms with Gasteiger partial charge in [-0.15, -0.1) is 0 Å². The summed E-state index contributed by atoms with van der Waals surface area (Å²) in [7, 11) is 0. The van der Waals surface area contributed by atoms with Gasteiger partial charge in [0.25, 0.3) is 5.56 Å². The van der Waals surface area contributed by atoms with Crippen molar-refractivity contribution >= 4 is 11.9 Å². The van der Waals surface area contributed by atoms with Crippen LogP contribution in [0, 0.1) is 5.92 Å². The molecule has 1 aromatic rings. The van der Waals surface area contributed by atoms with E-state index in [1.54, 1.807) is 13.0 Å². The van der Waals surface area contributed by atoms with Crippen molar-refractivity contribution in [2.24, 2.45) is 5.92 Å². The normalized spacial score (nSPS) is 16.6. The van der Waals surface area contributed by atoms with Gasteiger partial charge < -0.3 is 10.4 Å². The molecule has 2 atom stereocenters. The first-order chi connectivity index (χ1) is 11.4. The van der Waals surface area contributed by atoms with E-state index < -0.39 is 17.9 Å². The van der Waals surface area contributed by atoms with Crippen LogP contribution < -0.4 is 10.9 Å². The molecule has 7 nitrogen and oxygen atoms in total. The van der Waals surface area contributed by atoms with E-state index >= 15 is 0 Å². The van der Waals surface area contributed by atoms with Gasteiger partial charge in [0.1, 0.15) is 12.6 Å². The summed E-state index contributed by atoms with van der Waals surface area (Å²) in [5, 5.41) is 16.1. The van der Waals surface area contributed by atoms with Crippen molar-refractivity contribution in [3.8, 4) is 0 Å². The molecule has 24 heavy (non-hydrogen) atoms. The van der Waals surface area contributed by atoms with Crippen LogP contribution in [0.5, 0.6) is 0 Å². The van der Waals surface area contributed by atoms with Crippen molar-refractivity contribution in [3.05, 3.63) is 27.7 Å². The molecule has 7 heteroatoms. The van der Waals surface area contributed by atoms with Crippen LogP contribution in [0.1, 0.15) is 50.8 Å². The lowest BCUT2D eigenvalue weighted by Crippen LogP contribution is -2.47. The van der Waals surface area contributed by atoms with E-state index in [2.05, 4.69) is 10.4 Å². The number of aryl methyl sites for hydroxylation is 2. The number of nitrogens with zero attached hydrogens (tertiary/aromatic N) is 2. The molecule has 2 unspecified atom stereocenters. The molecule has 1 aliphatic rings. The molecule has 1 aromatic heterocycles. The standard InChI is InChI=1S/C17H25N3O4/c1-3-11(2)16(17(23)24)18-14(21)10-20-15(22)9-12-7-5-4-6-8-13(12)19-20/h9,11,16H,3-8,10H2,1-2H3,(H,18,21)(H,23,24). The van der Waals surface area contributed by atoms with E-state index in [-0.39, 0.29) is 18.0 Å². The largest absolute Gasteiger partial charge is 0.480 e. The van der Waals surface area contributed by atoms with Crippen molar-refractivity contribution in [1.82, 2.24) is 15.1 Å². The zero-order chi connectivity index (χ0) is 17.7. The van der Waals surface area contributed by atoms with Gasteiger partial charge in [0, 0.05) is 6.07 Å². The molecule has 0 saturated heterocycles. The van der Waals surface area contributed by atoms with Gasteiger partial charge in [-0.3, -0.25) is 9.59 Å². The molecule has 0 aliphatic heterocycles. The van der Waals surface area contributed by atoms with Gasteiger partial charge >= 0.3 is 5.97 Å². The summed E-state index contributed by atoms with van der Waals surface area (Å²) in [5.41, 5.74) is 1.52. The topological polar surface area (TPSA) is 101 Å². The minimum absolute atomic E-state index is 0.192. The fourth-order valence-corrected chi connectivity index (χ4v) is 2.93. The van der Waals surface area contributed by atoms with Crippen LogP contribution in [0.15, 0.2) is 10.9 Å². The van der Waals surface area contributed by atoms with E-state index in [4.69, 9.17) is 0 Å². The van der Waals surface area contributed by atoms with Crippen LogP contribution in [0.25, 0.3) is 0 Å². The van der Waals surface area contributed by atoms with Crippen LogP contribution in [-0.2, 0) is 29.0 Å². The molecule has 0 aromatic carbocycles. The number of rotatable bonds is 6. The van der Waals surface area contributed by atoms with E-state index in [0.717, 1.165) is 48.0 Å². The maximum atomic E-state index is 12.2. The molecule has 2 N–H and O–H groups in total.